The van der Waals surface area contributed by atoms with Crippen LogP contribution in [-0.2, 0) is 11.3 Å². The minimum Gasteiger partial charge on any atom is -0.463 e. The fourth-order valence-corrected chi connectivity index (χ4v) is 4.32. The number of hydrazone groups is 1. The number of hydrogen-bond donors (Lipinski definition) is 0. The van der Waals surface area contributed by atoms with Crippen molar-refractivity contribution in [1.82, 2.24) is 19.8 Å². The average Bonchev–Trinajstić information content (AvgIpc) is 3.60. The normalized spacial score (nSPS) is 15.7. The molecule has 1 unspecified atom stereocenters. The first kappa shape index (κ1) is 19.8. The minimum absolute atomic E-state index is 0.0504. The Morgan fingerprint density at radius 2 is 2.16 bits per heavy atom. The van der Waals surface area contributed by atoms with E-state index in [9.17, 15) is 14.9 Å². The van der Waals surface area contributed by atoms with E-state index in [4.69, 9.17) is 4.42 Å². The Kier molecular flexibility index (Phi) is 5.07. The lowest BCUT2D eigenvalue weighted by Crippen LogP contribution is -2.30. The zero-order valence-corrected chi connectivity index (χ0v) is 17.4. The van der Waals surface area contributed by atoms with Crippen LogP contribution < -0.4 is 0 Å². The molecule has 0 saturated carbocycles. The van der Waals surface area contributed by atoms with Gasteiger partial charge in [-0.25, -0.2) is 14.7 Å². The van der Waals surface area contributed by atoms with Crippen molar-refractivity contribution in [3.05, 3.63) is 87.3 Å². The molecule has 1 atom stereocenters. The van der Waals surface area contributed by atoms with Gasteiger partial charge in [-0.2, -0.15) is 10.2 Å². The molecule has 32 heavy (non-hydrogen) atoms. The largest absolute Gasteiger partial charge is 0.463 e. The van der Waals surface area contributed by atoms with Crippen LogP contribution in [0.5, 0.6) is 0 Å². The molecule has 1 amide bonds. The second-order valence-corrected chi connectivity index (χ2v) is 8.05. The first-order valence-electron chi connectivity index (χ1n) is 9.69. The lowest BCUT2D eigenvalue weighted by molar-refractivity contribution is -0.384. The van der Waals surface area contributed by atoms with Crippen molar-refractivity contribution in [2.24, 2.45) is 5.10 Å². The summed E-state index contributed by atoms with van der Waals surface area (Å²) in [6, 6.07) is 13.4. The zero-order valence-electron chi connectivity index (χ0n) is 16.6. The number of rotatable bonds is 6. The predicted molar refractivity (Wildman–Crippen MR) is 116 cm³/mol. The van der Waals surface area contributed by atoms with Crippen molar-refractivity contribution in [2.75, 3.05) is 0 Å². The second kappa shape index (κ2) is 8.19. The predicted octanol–water partition coefficient (Wildman–Crippen LogP) is 3.89. The standard InChI is InChI=1S/C21H16N6O4S/c28-20(12-25-13-22-21(24-25)14-4-1-5-15(10-14)27(29)30)26-17(19-7-3-9-32-19)11-16(23-26)18-6-2-8-31-18/h1-10,13,17H,11-12H2. The minimum atomic E-state index is -0.475. The molecule has 0 aliphatic carbocycles. The van der Waals surface area contributed by atoms with Gasteiger partial charge in [0.1, 0.15) is 24.3 Å². The molecule has 4 aromatic rings. The topological polar surface area (TPSA) is 120 Å². The van der Waals surface area contributed by atoms with Crippen LogP contribution in [0.25, 0.3) is 11.4 Å². The Labute approximate surface area is 185 Å². The summed E-state index contributed by atoms with van der Waals surface area (Å²) >= 11 is 1.56. The van der Waals surface area contributed by atoms with E-state index in [1.54, 1.807) is 35.8 Å². The van der Waals surface area contributed by atoms with E-state index in [-0.39, 0.29) is 24.2 Å². The molecule has 0 spiro atoms. The number of nitro benzene ring substituents is 1. The summed E-state index contributed by atoms with van der Waals surface area (Å²) in [5, 5.41) is 23.3. The monoisotopic (exact) mass is 448 g/mol. The zero-order chi connectivity index (χ0) is 22.1. The molecule has 3 aromatic heterocycles. The Morgan fingerprint density at radius 3 is 2.91 bits per heavy atom. The molecule has 1 aliphatic heterocycles. The first-order chi connectivity index (χ1) is 15.6. The Morgan fingerprint density at radius 1 is 1.25 bits per heavy atom. The van der Waals surface area contributed by atoms with Gasteiger partial charge in [-0.15, -0.1) is 11.3 Å². The third kappa shape index (κ3) is 3.81. The van der Waals surface area contributed by atoms with Crippen molar-refractivity contribution in [3.8, 4) is 11.4 Å². The summed E-state index contributed by atoms with van der Waals surface area (Å²) in [4.78, 5) is 28.9. The number of amides is 1. The number of thiophene rings is 1. The van der Waals surface area contributed by atoms with E-state index in [0.29, 0.717) is 29.3 Å². The van der Waals surface area contributed by atoms with Crippen LogP contribution in [0.4, 0.5) is 5.69 Å². The molecule has 5 rings (SSSR count). The van der Waals surface area contributed by atoms with Gasteiger partial charge in [0.15, 0.2) is 5.82 Å². The number of nitrogens with zero attached hydrogens (tertiary/aromatic N) is 6. The van der Waals surface area contributed by atoms with Crippen molar-refractivity contribution in [1.29, 1.82) is 0 Å². The molecule has 1 aromatic carbocycles. The summed E-state index contributed by atoms with van der Waals surface area (Å²) < 4.78 is 6.87. The fourth-order valence-electron chi connectivity index (χ4n) is 3.51. The van der Waals surface area contributed by atoms with E-state index < -0.39 is 4.92 Å². The van der Waals surface area contributed by atoms with E-state index in [0.717, 1.165) is 4.88 Å². The highest BCUT2D eigenvalue weighted by atomic mass is 32.1. The van der Waals surface area contributed by atoms with Crippen LogP contribution >= 0.6 is 11.3 Å². The van der Waals surface area contributed by atoms with E-state index in [1.807, 2.05) is 23.6 Å². The fraction of sp³-hybridized carbons (Fsp3) is 0.143. The molecule has 0 saturated heterocycles. The summed E-state index contributed by atoms with van der Waals surface area (Å²) in [5.74, 6) is 0.688. The van der Waals surface area contributed by atoms with E-state index >= 15 is 0 Å². The first-order valence-corrected chi connectivity index (χ1v) is 10.6. The van der Waals surface area contributed by atoms with Crippen LogP contribution in [0.15, 0.2) is 76.0 Å². The maximum atomic E-state index is 13.1. The molecule has 10 nitrogen and oxygen atoms in total. The van der Waals surface area contributed by atoms with Gasteiger partial charge in [0.2, 0.25) is 0 Å². The summed E-state index contributed by atoms with van der Waals surface area (Å²) in [6.45, 7) is -0.0707. The number of hydrogen-bond acceptors (Lipinski definition) is 8. The summed E-state index contributed by atoms with van der Waals surface area (Å²) in [7, 11) is 0. The second-order valence-electron chi connectivity index (χ2n) is 7.07. The molecule has 0 bridgehead atoms. The highest BCUT2D eigenvalue weighted by Crippen LogP contribution is 2.35. The van der Waals surface area contributed by atoms with Gasteiger partial charge in [0.05, 0.1) is 17.2 Å². The third-order valence-corrected chi connectivity index (χ3v) is 5.97. The van der Waals surface area contributed by atoms with Gasteiger partial charge < -0.3 is 4.42 Å². The lowest BCUT2D eigenvalue weighted by atomic mass is 10.1. The summed E-state index contributed by atoms with van der Waals surface area (Å²) in [5.41, 5.74) is 1.16. The quantitative estimate of drug-likeness (QED) is 0.326. The van der Waals surface area contributed by atoms with Gasteiger partial charge >= 0.3 is 0 Å². The lowest BCUT2D eigenvalue weighted by Gasteiger charge is -2.20. The number of non-ortho nitro benzene ring substituents is 1. The molecule has 0 radical (unpaired) electrons. The van der Waals surface area contributed by atoms with Crippen LogP contribution in [0, 0.1) is 10.1 Å². The maximum absolute atomic E-state index is 13.1. The molecule has 0 fully saturated rings. The van der Waals surface area contributed by atoms with Crippen molar-refractivity contribution in [3.63, 3.8) is 0 Å². The van der Waals surface area contributed by atoms with Crippen molar-refractivity contribution in [2.45, 2.75) is 19.0 Å². The average molecular weight is 448 g/mol. The third-order valence-electron chi connectivity index (χ3n) is 4.99. The molecule has 1 aliphatic rings. The highest BCUT2D eigenvalue weighted by molar-refractivity contribution is 7.10. The van der Waals surface area contributed by atoms with Gasteiger partial charge in [-0.1, -0.05) is 18.2 Å². The molecular weight excluding hydrogens is 432 g/mol. The Hall–Kier alpha value is -4.12. The van der Waals surface area contributed by atoms with E-state index in [2.05, 4.69) is 15.2 Å². The SMILES string of the molecule is O=C(Cn1cnc(-c2cccc([N+](=O)[O-])c2)n1)N1N=C(c2ccco2)CC1c1cccs1. The van der Waals surface area contributed by atoms with Gasteiger partial charge in [-0.3, -0.25) is 14.9 Å². The van der Waals surface area contributed by atoms with Gasteiger partial charge in [-0.05, 0) is 23.6 Å². The van der Waals surface area contributed by atoms with Crippen LogP contribution in [-0.4, -0.2) is 36.3 Å². The number of carbonyl (C=O) groups excluding carboxylic acids is 1. The Bertz CT molecular complexity index is 1300. The Balaban J connectivity index is 1.38. The van der Waals surface area contributed by atoms with Crippen molar-refractivity contribution < 1.29 is 14.1 Å². The molecular formula is C21H16N6O4S. The van der Waals surface area contributed by atoms with Crippen molar-refractivity contribution >= 4 is 28.6 Å². The van der Waals surface area contributed by atoms with E-state index in [1.165, 1.54) is 28.2 Å². The number of carbonyl (C=O) groups is 1. The summed E-state index contributed by atoms with van der Waals surface area (Å²) in [6.07, 6.45) is 3.56. The van der Waals surface area contributed by atoms with Crippen LogP contribution in [0.2, 0.25) is 0 Å². The van der Waals surface area contributed by atoms with Crippen LogP contribution in [0.3, 0.4) is 0 Å². The highest BCUT2D eigenvalue weighted by Gasteiger charge is 2.34. The van der Waals surface area contributed by atoms with Crippen LogP contribution in [0.1, 0.15) is 23.1 Å². The number of aromatic nitrogens is 3. The van der Waals surface area contributed by atoms with Gasteiger partial charge in [0, 0.05) is 29.0 Å². The maximum Gasteiger partial charge on any atom is 0.270 e. The van der Waals surface area contributed by atoms with Gasteiger partial charge in [0.25, 0.3) is 11.6 Å². The smallest absolute Gasteiger partial charge is 0.270 e. The number of benzene rings is 1. The molecule has 160 valence electrons. The number of nitro groups is 1. The molecule has 0 N–H and O–H groups in total. The number of furan rings is 1. The molecule has 11 heteroatoms. The molecule has 4 heterocycles.